The SMILES string of the molecule is CCCCCCCC(C)(CCCCCC)N(CCC)CCCCC. The van der Waals surface area contributed by atoms with E-state index in [9.17, 15) is 0 Å². The minimum Gasteiger partial charge on any atom is -0.298 e. The maximum atomic E-state index is 2.87. The van der Waals surface area contributed by atoms with Gasteiger partial charge in [0.1, 0.15) is 0 Å². The standard InChI is InChI=1S/C23H49N/c1-6-10-13-15-17-20-23(5,19-16-14-11-7-2)24(21-9-4)22-18-12-8-3/h6-22H2,1-5H3. The molecule has 0 amide bonds. The van der Waals surface area contributed by atoms with Gasteiger partial charge in [-0.1, -0.05) is 98.3 Å². The zero-order valence-corrected chi connectivity index (χ0v) is 18.0. The number of hydrogen-bond acceptors (Lipinski definition) is 1. The molecule has 0 aromatic heterocycles. The van der Waals surface area contributed by atoms with Gasteiger partial charge >= 0.3 is 0 Å². The van der Waals surface area contributed by atoms with Crippen molar-refractivity contribution >= 4 is 0 Å². The Morgan fingerprint density at radius 2 is 0.958 bits per heavy atom. The normalized spacial score (nSPS) is 14.2. The molecular formula is C23H49N. The van der Waals surface area contributed by atoms with Crippen LogP contribution in [-0.4, -0.2) is 23.5 Å². The summed E-state index contributed by atoms with van der Waals surface area (Å²) < 4.78 is 0. The highest BCUT2D eigenvalue weighted by molar-refractivity contribution is 4.86. The molecule has 0 heterocycles. The van der Waals surface area contributed by atoms with Crippen LogP contribution in [0.25, 0.3) is 0 Å². The van der Waals surface area contributed by atoms with Crippen LogP contribution >= 0.6 is 0 Å². The predicted molar refractivity (Wildman–Crippen MR) is 112 cm³/mol. The van der Waals surface area contributed by atoms with Crippen LogP contribution in [0.2, 0.25) is 0 Å². The third-order valence-electron chi connectivity index (χ3n) is 5.68. The number of rotatable bonds is 18. The lowest BCUT2D eigenvalue weighted by Gasteiger charge is -2.42. The van der Waals surface area contributed by atoms with E-state index in [4.69, 9.17) is 0 Å². The average molecular weight is 340 g/mol. The van der Waals surface area contributed by atoms with Gasteiger partial charge in [-0.05, 0) is 45.7 Å². The molecule has 1 heteroatoms. The smallest absolute Gasteiger partial charge is 0.0181 e. The summed E-state index contributed by atoms with van der Waals surface area (Å²) >= 11 is 0. The molecule has 24 heavy (non-hydrogen) atoms. The molecule has 0 spiro atoms. The third-order valence-corrected chi connectivity index (χ3v) is 5.68. The molecule has 0 aromatic rings. The van der Waals surface area contributed by atoms with E-state index in [-0.39, 0.29) is 0 Å². The Balaban J connectivity index is 4.61. The molecule has 0 bridgehead atoms. The van der Waals surface area contributed by atoms with Gasteiger partial charge in [0, 0.05) is 5.54 Å². The Morgan fingerprint density at radius 1 is 0.500 bits per heavy atom. The molecule has 0 fully saturated rings. The van der Waals surface area contributed by atoms with Crippen LogP contribution in [0.1, 0.15) is 131 Å². The molecule has 0 N–H and O–H groups in total. The molecule has 146 valence electrons. The van der Waals surface area contributed by atoms with Gasteiger partial charge in [-0.15, -0.1) is 0 Å². The van der Waals surface area contributed by atoms with Crippen LogP contribution in [0.4, 0.5) is 0 Å². The highest BCUT2D eigenvalue weighted by Crippen LogP contribution is 2.30. The molecule has 1 atom stereocenters. The van der Waals surface area contributed by atoms with Crippen molar-refractivity contribution in [1.29, 1.82) is 0 Å². The molecule has 1 unspecified atom stereocenters. The summed E-state index contributed by atoms with van der Waals surface area (Å²) in [4.78, 5) is 2.87. The van der Waals surface area contributed by atoms with E-state index in [0.717, 1.165) is 0 Å². The Kier molecular flexibility index (Phi) is 16.4. The van der Waals surface area contributed by atoms with Gasteiger partial charge in [0.2, 0.25) is 0 Å². The molecule has 0 aromatic carbocycles. The maximum Gasteiger partial charge on any atom is 0.0181 e. The highest BCUT2D eigenvalue weighted by atomic mass is 15.2. The summed E-state index contributed by atoms with van der Waals surface area (Å²) in [6.07, 6.45) is 20.9. The summed E-state index contributed by atoms with van der Waals surface area (Å²) in [7, 11) is 0. The first kappa shape index (κ1) is 24.0. The van der Waals surface area contributed by atoms with Crippen LogP contribution in [0.15, 0.2) is 0 Å². The van der Waals surface area contributed by atoms with Gasteiger partial charge in [0.25, 0.3) is 0 Å². The van der Waals surface area contributed by atoms with Crippen molar-refractivity contribution < 1.29 is 0 Å². The first-order chi connectivity index (χ1) is 11.6. The van der Waals surface area contributed by atoms with Crippen molar-refractivity contribution in [3.05, 3.63) is 0 Å². The molecule has 1 nitrogen and oxygen atoms in total. The van der Waals surface area contributed by atoms with Gasteiger partial charge in [-0.2, -0.15) is 0 Å². The number of hydrogen-bond donors (Lipinski definition) is 0. The first-order valence-corrected chi connectivity index (χ1v) is 11.4. The van der Waals surface area contributed by atoms with Crippen LogP contribution in [0.5, 0.6) is 0 Å². The van der Waals surface area contributed by atoms with Crippen LogP contribution < -0.4 is 0 Å². The molecule has 0 radical (unpaired) electrons. The zero-order chi connectivity index (χ0) is 18.1. The summed E-state index contributed by atoms with van der Waals surface area (Å²) in [5.41, 5.74) is 0.448. The highest BCUT2D eigenvalue weighted by Gasteiger charge is 2.29. The van der Waals surface area contributed by atoms with Crippen molar-refractivity contribution in [2.24, 2.45) is 0 Å². The lowest BCUT2D eigenvalue weighted by molar-refractivity contribution is 0.0775. The Morgan fingerprint density at radius 3 is 1.46 bits per heavy atom. The van der Waals surface area contributed by atoms with E-state index in [2.05, 4.69) is 39.5 Å². The average Bonchev–Trinajstić information content (AvgIpc) is 2.58. The summed E-state index contributed by atoms with van der Waals surface area (Å²) in [5, 5.41) is 0. The fourth-order valence-electron chi connectivity index (χ4n) is 3.96. The van der Waals surface area contributed by atoms with Crippen LogP contribution in [-0.2, 0) is 0 Å². The maximum absolute atomic E-state index is 2.87. The Hall–Kier alpha value is -0.0400. The molecule has 0 aliphatic carbocycles. The zero-order valence-electron chi connectivity index (χ0n) is 18.0. The molecule has 0 saturated carbocycles. The minimum absolute atomic E-state index is 0.448. The second kappa shape index (κ2) is 16.4. The van der Waals surface area contributed by atoms with E-state index in [1.54, 1.807) is 0 Å². The molecular weight excluding hydrogens is 290 g/mol. The summed E-state index contributed by atoms with van der Waals surface area (Å²) in [5.74, 6) is 0. The van der Waals surface area contributed by atoms with Crippen molar-refractivity contribution in [1.82, 2.24) is 4.90 Å². The Labute approximate surface area is 155 Å². The fraction of sp³-hybridized carbons (Fsp3) is 1.00. The fourth-order valence-corrected chi connectivity index (χ4v) is 3.96. The molecule has 0 aliphatic heterocycles. The number of nitrogens with zero attached hydrogens (tertiary/aromatic N) is 1. The molecule has 0 rings (SSSR count). The van der Waals surface area contributed by atoms with Crippen molar-refractivity contribution in [3.8, 4) is 0 Å². The largest absolute Gasteiger partial charge is 0.298 e. The minimum atomic E-state index is 0.448. The third kappa shape index (κ3) is 11.5. The first-order valence-electron chi connectivity index (χ1n) is 11.4. The quantitative estimate of drug-likeness (QED) is 0.229. The molecule has 0 saturated heterocycles. The second-order valence-corrected chi connectivity index (χ2v) is 8.17. The van der Waals surface area contributed by atoms with Crippen LogP contribution in [0, 0.1) is 0 Å². The van der Waals surface area contributed by atoms with Gasteiger partial charge in [0.15, 0.2) is 0 Å². The lowest BCUT2D eigenvalue weighted by Crippen LogP contribution is -2.47. The van der Waals surface area contributed by atoms with Crippen molar-refractivity contribution in [2.75, 3.05) is 13.1 Å². The van der Waals surface area contributed by atoms with Crippen molar-refractivity contribution in [2.45, 2.75) is 136 Å². The van der Waals surface area contributed by atoms with E-state index in [1.807, 2.05) is 0 Å². The van der Waals surface area contributed by atoms with E-state index < -0.39 is 0 Å². The summed E-state index contributed by atoms with van der Waals surface area (Å²) in [6, 6.07) is 0. The monoisotopic (exact) mass is 339 g/mol. The van der Waals surface area contributed by atoms with Gasteiger partial charge < -0.3 is 0 Å². The lowest BCUT2D eigenvalue weighted by atomic mass is 9.85. The van der Waals surface area contributed by atoms with Crippen LogP contribution in [0.3, 0.4) is 0 Å². The van der Waals surface area contributed by atoms with E-state index in [0.29, 0.717) is 5.54 Å². The number of unbranched alkanes of at least 4 members (excludes halogenated alkanes) is 9. The summed E-state index contributed by atoms with van der Waals surface area (Å²) in [6.45, 7) is 14.5. The van der Waals surface area contributed by atoms with Gasteiger partial charge in [0.05, 0.1) is 0 Å². The second-order valence-electron chi connectivity index (χ2n) is 8.17. The predicted octanol–water partition coefficient (Wildman–Crippen LogP) is 7.98. The van der Waals surface area contributed by atoms with Crippen molar-refractivity contribution in [3.63, 3.8) is 0 Å². The van der Waals surface area contributed by atoms with E-state index in [1.165, 1.54) is 109 Å². The topological polar surface area (TPSA) is 3.24 Å². The Bertz CT molecular complexity index is 250. The molecule has 0 aliphatic rings. The van der Waals surface area contributed by atoms with Gasteiger partial charge in [-0.3, -0.25) is 4.90 Å². The van der Waals surface area contributed by atoms with E-state index >= 15 is 0 Å². The van der Waals surface area contributed by atoms with Gasteiger partial charge in [-0.25, -0.2) is 0 Å².